The molecule has 1 atom stereocenters. The molecule has 3 aromatic carbocycles. The maximum atomic E-state index is 13.1. The van der Waals surface area contributed by atoms with Crippen LogP contribution in [0.2, 0.25) is 5.02 Å². The van der Waals surface area contributed by atoms with Gasteiger partial charge in [0.1, 0.15) is 11.8 Å². The van der Waals surface area contributed by atoms with Crippen LogP contribution in [0.4, 0.5) is 5.69 Å². The predicted molar refractivity (Wildman–Crippen MR) is 127 cm³/mol. The lowest BCUT2D eigenvalue weighted by molar-refractivity contribution is -0.117. The van der Waals surface area contributed by atoms with Gasteiger partial charge in [0.15, 0.2) is 0 Å². The van der Waals surface area contributed by atoms with E-state index in [4.69, 9.17) is 16.3 Å². The topological polar surface area (TPSA) is 84.5 Å². The molecule has 168 valence electrons. The lowest BCUT2D eigenvalue weighted by Gasteiger charge is -2.20. The summed E-state index contributed by atoms with van der Waals surface area (Å²) in [4.78, 5) is 13.2. The summed E-state index contributed by atoms with van der Waals surface area (Å²) in [7, 11) is -3.96. The second-order valence-electron chi connectivity index (χ2n) is 7.17. The van der Waals surface area contributed by atoms with Crippen LogP contribution in [-0.2, 0) is 21.2 Å². The molecule has 1 amide bonds. The standard InChI is InChI=1S/C24H25ClN2O4S/c1-3-31-19-12-14-20(15-13-19)32(29,30)27-23(16-18-8-5-4-6-9-18)24(28)26-22-11-7-10-21(25)17(22)2/h4-15,23,27H,3,16H2,1-2H3,(H,26,28)/t23-/m0/s1. The fraction of sp³-hybridized carbons (Fsp3) is 0.208. The van der Waals surface area contributed by atoms with Gasteiger partial charge in [-0.2, -0.15) is 4.72 Å². The van der Waals surface area contributed by atoms with E-state index in [1.54, 1.807) is 37.3 Å². The quantitative estimate of drug-likeness (QED) is 0.477. The van der Waals surface area contributed by atoms with Crippen LogP contribution in [0.3, 0.4) is 0 Å². The zero-order valence-electron chi connectivity index (χ0n) is 17.8. The Balaban J connectivity index is 1.86. The van der Waals surface area contributed by atoms with Crippen molar-refractivity contribution in [3.8, 4) is 5.75 Å². The van der Waals surface area contributed by atoms with Crippen LogP contribution in [0.25, 0.3) is 0 Å². The van der Waals surface area contributed by atoms with Crippen molar-refractivity contribution in [2.24, 2.45) is 0 Å². The molecule has 0 unspecified atom stereocenters. The van der Waals surface area contributed by atoms with Gasteiger partial charge in [0.05, 0.1) is 11.5 Å². The molecule has 0 fully saturated rings. The molecule has 3 rings (SSSR count). The maximum absolute atomic E-state index is 13.1. The van der Waals surface area contributed by atoms with Crippen molar-refractivity contribution in [3.05, 3.63) is 88.9 Å². The van der Waals surface area contributed by atoms with E-state index in [2.05, 4.69) is 10.0 Å². The van der Waals surface area contributed by atoms with Crippen molar-refractivity contribution in [2.75, 3.05) is 11.9 Å². The Morgan fingerprint density at radius 3 is 2.34 bits per heavy atom. The van der Waals surface area contributed by atoms with Gasteiger partial charge in [-0.15, -0.1) is 0 Å². The number of nitrogens with one attached hydrogen (secondary N) is 2. The molecule has 32 heavy (non-hydrogen) atoms. The summed E-state index contributed by atoms with van der Waals surface area (Å²) in [5.41, 5.74) is 2.06. The van der Waals surface area contributed by atoms with Crippen molar-refractivity contribution in [2.45, 2.75) is 31.2 Å². The van der Waals surface area contributed by atoms with Crippen LogP contribution in [0.5, 0.6) is 5.75 Å². The van der Waals surface area contributed by atoms with Crippen molar-refractivity contribution >= 4 is 33.2 Å². The number of amides is 1. The van der Waals surface area contributed by atoms with Crippen molar-refractivity contribution in [1.29, 1.82) is 0 Å². The number of anilines is 1. The average Bonchev–Trinajstić information content (AvgIpc) is 2.77. The van der Waals surface area contributed by atoms with E-state index in [1.165, 1.54) is 12.1 Å². The van der Waals surface area contributed by atoms with E-state index in [0.29, 0.717) is 28.6 Å². The van der Waals surface area contributed by atoms with E-state index >= 15 is 0 Å². The smallest absolute Gasteiger partial charge is 0.242 e. The molecule has 0 saturated heterocycles. The molecular weight excluding hydrogens is 448 g/mol. The van der Waals surface area contributed by atoms with Gasteiger partial charge in [-0.1, -0.05) is 48.0 Å². The first kappa shape index (κ1) is 23.8. The van der Waals surface area contributed by atoms with Gasteiger partial charge in [-0.05, 0) is 67.8 Å². The summed E-state index contributed by atoms with van der Waals surface area (Å²) in [6.45, 7) is 4.11. The summed E-state index contributed by atoms with van der Waals surface area (Å²) in [5, 5.41) is 3.31. The normalized spacial score (nSPS) is 12.2. The summed E-state index contributed by atoms with van der Waals surface area (Å²) >= 11 is 6.16. The zero-order valence-corrected chi connectivity index (χ0v) is 19.4. The Kier molecular flexibility index (Phi) is 7.90. The highest BCUT2D eigenvalue weighted by atomic mass is 35.5. The van der Waals surface area contributed by atoms with Crippen LogP contribution < -0.4 is 14.8 Å². The van der Waals surface area contributed by atoms with E-state index < -0.39 is 22.0 Å². The first-order valence-corrected chi connectivity index (χ1v) is 12.0. The van der Waals surface area contributed by atoms with Gasteiger partial charge >= 0.3 is 0 Å². The Morgan fingerprint density at radius 2 is 1.69 bits per heavy atom. The number of rotatable bonds is 9. The van der Waals surface area contributed by atoms with Crippen molar-refractivity contribution in [3.63, 3.8) is 0 Å². The average molecular weight is 473 g/mol. The molecule has 0 bridgehead atoms. The zero-order chi connectivity index (χ0) is 23.1. The van der Waals surface area contributed by atoms with Gasteiger partial charge in [0, 0.05) is 10.7 Å². The SMILES string of the molecule is CCOc1ccc(S(=O)(=O)N[C@@H](Cc2ccccc2)C(=O)Nc2cccc(Cl)c2C)cc1. The molecular formula is C24H25ClN2O4S. The number of carbonyl (C=O) groups is 1. The minimum atomic E-state index is -3.96. The number of hydrogen-bond acceptors (Lipinski definition) is 4. The maximum Gasteiger partial charge on any atom is 0.242 e. The van der Waals surface area contributed by atoms with Crippen LogP contribution >= 0.6 is 11.6 Å². The molecule has 3 aromatic rings. The molecule has 8 heteroatoms. The van der Waals surface area contributed by atoms with Gasteiger partial charge < -0.3 is 10.1 Å². The number of sulfonamides is 1. The first-order chi connectivity index (χ1) is 15.3. The summed E-state index contributed by atoms with van der Waals surface area (Å²) in [5.74, 6) is 0.0928. The second-order valence-corrected chi connectivity index (χ2v) is 9.29. The van der Waals surface area contributed by atoms with E-state index in [0.717, 1.165) is 5.56 Å². The molecule has 0 saturated carbocycles. The molecule has 6 nitrogen and oxygen atoms in total. The Morgan fingerprint density at radius 1 is 1.00 bits per heavy atom. The minimum Gasteiger partial charge on any atom is -0.494 e. The number of hydrogen-bond donors (Lipinski definition) is 2. The molecule has 2 N–H and O–H groups in total. The Bertz CT molecular complexity index is 1170. The highest BCUT2D eigenvalue weighted by Crippen LogP contribution is 2.23. The number of carbonyl (C=O) groups excluding carboxylic acids is 1. The minimum absolute atomic E-state index is 0.0470. The summed E-state index contributed by atoms with van der Waals surface area (Å²) < 4.78 is 34.0. The van der Waals surface area contributed by atoms with Crippen molar-refractivity contribution in [1.82, 2.24) is 4.72 Å². The molecule has 0 aliphatic rings. The second kappa shape index (κ2) is 10.6. The van der Waals surface area contributed by atoms with Gasteiger partial charge in [-0.3, -0.25) is 4.79 Å². The molecule has 0 aliphatic carbocycles. The van der Waals surface area contributed by atoms with E-state index in [1.807, 2.05) is 37.3 Å². The van der Waals surface area contributed by atoms with Crippen molar-refractivity contribution < 1.29 is 17.9 Å². The highest BCUT2D eigenvalue weighted by Gasteiger charge is 2.26. The third-order valence-corrected chi connectivity index (χ3v) is 6.76. The monoisotopic (exact) mass is 472 g/mol. The van der Waals surface area contributed by atoms with Crippen LogP contribution in [0, 0.1) is 6.92 Å². The van der Waals surface area contributed by atoms with E-state index in [9.17, 15) is 13.2 Å². The first-order valence-electron chi connectivity index (χ1n) is 10.1. The molecule has 0 spiro atoms. The number of ether oxygens (including phenoxy) is 1. The predicted octanol–water partition coefficient (Wildman–Crippen LogP) is 4.58. The largest absolute Gasteiger partial charge is 0.494 e. The molecule has 0 heterocycles. The van der Waals surface area contributed by atoms with E-state index in [-0.39, 0.29) is 11.3 Å². The summed E-state index contributed by atoms with van der Waals surface area (Å²) in [6.07, 6.45) is 0.183. The van der Waals surface area contributed by atoms with Crippen LogP contribution in [0.1, 0.15) is 18.1 Å². The molecule has 0 aromatic heterocycles. The highest BCUT2D eigenvalue weighted by molar-refractivity contribution is 7.89. The fourth-order valence-corrected chi connectivity index (χ4v) is 4.51. The van der Waals surface area contributed by atoms with Crippen LogP contribution in [-0.4, -0.2) is 27.0 Å². The lowest BCUT2D eigenvalue weighted by atomic mass is 10.1. The lowest BCUT2D eigenvalue weighted by Crippen LogP contribution is -2.45. The molecule has 0 radical (unpaired) electrons. The third-order valence-electron chi connectivity index (χ3n) is 4.87. The Hall–Kier alpha value is -2.87. The third kappa shape index (κ3) is 6.09. The van der Waals surface area contributed by atoms with Gasteiger partial charge in [0.2, 0.25) is 15.9 Å². The fourth-order valence-electron chi connectivity index (χ4n) is 3.14. The Labute approximate surface area is 193 Å². The molecule has 0 aliphatic heterocycles. The van der Waals surface area contributed by atoms with Gasteiger partial charge in [0.25, 0.3) is 0 Å². The number of benzene rings is 3. The van der Waals surface area contributed by atoms with Gasteiger partial charge in [-0.25, -0.2) is 8.42 Å². The number of halogens is 1. The summed E-state index contributed by atoms with van der Waals surface area (Å²) in [6, 6.07) is 19.4. The van der Waals surface area contributed by atoms with Crippen LogP contribution in [0.15, 0.2) is 77.7 Å².